The molecule has 0 amide bonds. The molecule has 0 fully saturated rings. The van der Waals surface area contributed by atoms with Gasteiger partial charge < -0.3 is 0 Å². The summed E-state index contributed by atoms with van der Waals surface area (Å²) in [6.45, 7) is 5.76. The van der Waals surface area contributed by atoms with Gasteiger partial charge in [0.1, 0.15) is 0 Å². The number of aromatic nitrogens is 3. The van der Waals surface area contributed by atoms with E-state index >= 15 is 0 Å². The van der Waals surface area contributed by atoms with Crippen LogP contribution in [0.15, 0.2) is 47.8 Å². The van der Waals surface area contributed by atoms with Crippen molar-refractivity contribution >= 4 is 10.0 Å². The zero-order valence-electron chi connectivity index (χ0n) is 15.3. The summed E-state index contributed by atoms with van der Waals surface area (Å²) in [6, 6.07) is 7.43. The topological polar surface area (TPSA) is 76.9 Å². The van der Waals surface area contributed by atoms with Crippen LogP contribution >= 0.6 is 0 Å². The number of benzene rings is 1. The van der Waals surface area contributed by atoms with Crippen molar-refractivity contribution in [1.82, 2.24) is 19.5 Å². The van der Waals surface area contributed by atoms with Crippen molar-refractivity contribution in [2.45, 2.75) is 32.2 Å². The van der Waals surface area contributed by atoms with E-state index in [0.29, 0.717) is 4.90 Å². The van der Waals surface area contributed by atoms with Crippen LogP contribution in [0.4, 0.5) is 0 Å². The largest absolute Gasteiger partial charge is 0.275 e. The minimum absolute atomic E-state index is 0.160. The second kappa shape index (κ2) is 7.01. The van der Waals surface area contributed by atoms with Gasteiger partial charge >= 0.3 is 0 Å². The normalized spacial score (nSPS) is 11.7. The van der Waals surface area contributed by atoms with Gasteiger partial charge in [0.05, 0.1) is 16.8 Å². The molecule has 0 unspecified atom stereocenters. The summed E-state index contributed by atoms with van der Waals surface area (Å²) in [5.74, 6) is 0. The van der Waals surface area contributed by atoms with Gasteiger partial charge in [-0.2, -0.15) is 5.10 Å². The molecule has 0 radical (unpaired) electrons. The number of nitrogens with one attached hydrogen (secondary N) is 1. The third-order valence-electron chi connectivity index (χ3n) is 4.20. The quantitative estimate of drug-likeness (QED) is 0.749. The standard InChI is InChI=1S/C19H22N4O2S/c1-13-8-14(2)19(15(3)9-13)26(24,25)22-11-16-6-5-7-20-18(16)17-10-21-23(4)12-17/h5-10,12,22H,11H2,1-4H3. The summed E-state index contributed by atoms with van der Waals surface area (Å²) >= 11 is 0. The van der Waals surface area contributed by atoms with E-state index in [-0.39, 0.29) is 6.54 Å². The molecule has 2 heterocycles. The summed E-state index contributed by atoms with van der Waals surface area (Å²) in [5, 5.41) is 4.16. The highest BCUT2D eigenvalue weighted by Crippen LogP contribution is 2.24. The third-order valence-corrected chi connectivity index (χ3v) is 5.90. The molecule has 3 rings (SSSR count). The molecule has 6 nitrogen and oxygen atoms in total. The molecular formula is C19H22N4O2S. The lowest BCUT2D eigenvalue weighted by molar-refractivity contribution is 0.580. The molecule has 0 aliphatic carbocycles. The fourth-order valence-corrected chi connectivity index (χ4v) is 4.68. The maximum Gasteiger partial charge on any atom is 0.241 e. The van der Waals surface area contributed by atoms with Gasteiger partial charge in [-0.25, -0.2) is 13.1 Å². The predicted octanol–water partition coefficient (Wildman–Crippen LogP) is 2.89. The Labute approximate surface area is 154 Å². The van der Waals surface area contributed by atoms with Gasteiger partial charge in [0, 0.05) is 31.5 Å². The highest BCUT2D eigenvalue weighted by molar-refractivity contribution is 7.89. The van der Waals surface area contributed by atoms with Crippen LogP contribution in [0.3, 0.4) is 0 Å². The van der Waals surface area contributed by atoms with Gasteiger partial charge in [0.15, 0.2) is 0 Å². The van der Waals surface area contributed by atoms with E-state index in [0.717, 1.165) is 33.5 Å². The Balaban J connectivity index is 1.90. The number of pyridine rings is 1. The van der Waals surface area contributed by atoms with Crippen LogP contribution in [0.2, 0.25) is 0 Å². The van der Waals surface area contributed by atoms with Crippen LogP contribution in [0.25, 0.3) is 11.3 Å². The van der Waals surface area contributed by atoms with E-state index in [9.17, 15) is 8.42 Å². The number of hydrogen-bond acceptors (Lipinski definition) is 4. The van der Waals surface area contributed by atoms with Crippen molar-refractivity contribution in [3.05, 3.63) is 65.1 Å². The van der Waals surface area contributed by atoms with Crippen LogP contribution in [-0.2, 0) is 23.6 Å². The van der Waals surface area contributed by atoms with Crippen LogP contribution in [0.5, 0.6) is 0 Å². The first kappa shape index (κ1) is 18.3. The molecule has 0 saturated heterocycles. The summed E-state index contributed by atoms with van der Waals surface area (Å²) in [6.07, 6.45) is 5.26. The lowest BCUT2D eigenvalue weighted by Crippen LogP contribution is -2.25. The van der Waals surface area contributed by atoms with Gasteiger partial charge in [-0.05, 0) is 43.5 Å². The molecule has 0 atom stereocenters. The van der Waals surface area contributed by atoms with Gasteiger partial charge in [-0.1, -0.05) is 23.8 Å². The minimum Gasteiger partial charge on any atom is -0.275 e. The van der Waals surface area contributed by atoms with Crippen molar-refractivity contribution in [2.24, 2.45) is 7.05 Å². The van der Waals surface area contributed by atoms with Crippen LogP contribution in [0.1, 0.15) is 22.3 Å². The van der Waals surface area contributed by atoms with Crippen LogP contribution < -0.4 is 4.72 Å². The zero-order valence-corrected chi connectivity index (χ0v) is 16.1. The molecule has 0 aliphatic heterocycles. The van der Waals surface area contributed by atoms with E-state index in [2.05, 4.69) is 14.8 Å². The van der Waals surface area contributed by atoms with Crippen LogP contribution in [0, 0.1) is 20.8 Å². The van der Waals surface area contributed by atoms with E-state index < -0.39 is 10.0 Å². The Bertz CT molecular complexity index is 1030. The van der Waals surface area contributed by atoms with Crippen molar-refractivity contribution in [2.75, 3.05) is 0 Å². The highest BCUT2D eigenvalue weighted by atomic mass is 32.2. The maximum absolute atomic E-state index is 12.9. The molecule has 1 aromatic carbocycles. The first-order valence-corrected chi connectivity index (χ1v) is 9.76. The molecule has 2 aromatic heterocycles. The van der Waals surface area contributed by atoms with E-state index in [1.807, 2.05) is 52.2 Å². The second-order valence-corrected chi connectivity index (χ2v) is 8.17. The van der Waals surface area contributed by atoms with E-state index in [1.165, 1.54) is 0 Å². The number of sulfonamides is 1. The van der Waals surface area contributed by atoms with Crippen LogP contribution in [-0.4, -0.2) is 23.2 Å². The Kier molecular flexibility index (Phi) is 4.93. The smallest absolute Gasteiger partial charge is 0.241 e. The number of nitrogens with zero attached hydrogens (tertiary/aromatic N) is 3. The Morgan fingerprint density at radius 1 is 1.15 bits per heavy atom. The molecule has 7 heteroatoms. The fraction of sp³-hybridized carbons (Fsp3) is 0.263. The number of rotatable bonds is 5. The van der Waals surface area contributed by atoms with Gasteiger partial charge in [0.25, 0.3) is 0 Å². The molecule has 26 heavy (non-hydrogen) atoms. The van der Waals surface area contributed by atoms with Gasteiger partial charge in [-0.15, -0.1) is 0 Å². The zero-order chi connectivity index (χ0) is 18.9. The molecule has 1 N–H and O–H groups in total. The van der Waals surface area contributed by atoms with Gasteiger partial charge in [-0.3, -0.25) is 9.67 Å². The third kappa shape index (κ3) is 3.68. The lowest BCUT2D eigenvalue weighted by atomic mass is 10.1. The van der Waals surface area contributed by atoms with Crippen molar-refractivity contribution in [1.29, 1.82) is 0 Å². The SMILES string of the molecule is Cc1cc(C)c(S(=O)(=O)NCc2cccnc2-c2cnn(C)c2)c(C)c1. The maximum atomic E-state index is 12.9. The fourth-order valence-electron chi connectivity index (χ4n) is 3.22. The minimum atomic E-state index is -3.63. The Morgan fingerprint density at radius 3 is 2.46 bits per heavy atom. The monoisotopic (exact) mass is 370 g/mol. The van der Waals surface area contributed by atoms with Crippen molar-refractivity contribution < 1.29 is 8.42 Å². The molecule has 0 saturated carbocycles. The summed E-state index contributed by atoms with van der Waals surface area (Å²) < 4.78 is 30.1. The molecule has 0 aliphatic rings. The molecule has 3 aromatic rings. The van der Waals surface area contributed by atoms with Gasteiger partial charge in [0.2, 0.25) is 10.0 Å². The molecule has 0 spiro atoms. The summed E-state index contributed by atoms with van der Waals surface area (Å²) in [7, 11) is -1.80. The Hall–Kier alpha value is -2.51. The second-order valence-electron chi connectivity index (χ2n) is 6.47. The summed E-state index contributed by atoms with van der Waals surface area (Å²) in [5.41, 5.74) is 4.91. The number of aryl methyl sites for hydroxylation is 4. The first-order chi connectivity index (χ1) is 12.3. The van der Waals surface area contributed by atoms with Crippen molar-refractivity contribution in [3.63, 3.8) is 0 Å². The molecular weight excluding hydrogens is 348 g/mol. The lowest BCUT2D eigenvalue weighted by Gasteiger charge is -2.14. The average molecular weight is 370 g/mol. The van der Waals surface area contributed by atoms with E-state index in [4.69, 9.17) is 0 Å². The summed E-state index contributed by atoms with van der Waals surface area (Å²) in [4.78, 5) is 4.74. The highest BCUT2D eigenvalue weighted by Gasteiger charge is 2.20. The number of hydrogen-bond donors (Lipinski definition) is 1. The molecule has 136 valence electrons. The van der Waals surface area contributed by atoms with Crippen molar-refractivity contribution in [3.8, 4) is 11.3 Å². The molecule has 0 bridgehead atoms. The average Bonchev–Trinajstić information content (AvgIpc) is 2.98. The first-order valence-electron chi connectivity index (χ1n) is 8.28. The predicted molar refractivity (Wildman–Crippen MR) is 101 cm³/mol. The Morgan fingerprint density at radius 2 is 1.85 bits per heavy atom. The van der Waals surface area contributed by atoms with E-state index in [1.54, 1.807) is 23.1 Å².